The van der Waals surface area contributed by atoms with Gasteiger partial charge >= 0.3 is 13.7 Å². The third-order valence-corrected chi connectivity index (χ3v) is 7.21. The van der Waals surface area contributed by atoms with Crippen LogP contribution in [0, 0.1) is 17.1 Å². The summed E-state index contributed by atoms with van der Waals surface area (Å²) in [5, 5.41) is 24.0. The number of carbonyl (C=O) groups is 1. The van der Waals surface area contributed by atoms with E-state index in [4.69, 9.17) is 37.2 Å². The molecule has 1 aromatic carbocycles. The molecule has 14 heteroatoms. The number of hydrogen-bond donors (Lipinski definition) is 4. The second-order valence-electron chi connectivity index (χ2n) is 8.51. The highest BCUT2D eigenvalue weighted by atomic mass is 32.1. The largest absolute Gasteiger partial charge is 0.462 e. The van der Waals surface area contributed by atoms with E-state index in [0.717, 1.165) is 6.07 Å². The number of aromatic amines is 1. The van der Waals surface area contributed by atoms with Crippen molar-refractivity contribution in [3.63, 3.8) is 0 Å². The summed E-state index contributed by atoms with van der Waals surface area (Å²) in [4.78, 5) is 26.2. The first-order chi connectivity index (χ1) is 17.4. The number of para-hydroxylation sites is 1. The van der Waals surface area contributed by atoms with Gasteiger partial charge in [-0.05, 0) is 45.1 Å². The summed E-state index contributed by atoms with van der Waals surface area (Å²) in [6.07, 6.45) is 1.89. The molecule has 1 aliphatic rings. The Kier molecular flexibility index (Phi) is 9.09. The van der Waals surface area contributed by atoms with Crippen molar-refractivity contribution in [2.24, 2.45) is 0 Å². The molecule has 1 aliphatic heterocycles. The van der Waals surface area contributed by atoms with E-state index in [2.05, 4.69) is 16.0 Å². The third kappa shape index (κ3) is 6.74. The third-order valence-electron chi connectivity index (χ3n) is 5.27. The molecule has 2 heterocycles. The molecule has 37 heavy (non-hydrogen) atoms. The number of H-pyrrole nitrogens is 1. The maximum absolute atomic E-state index is 13.7. The summed E-state index contributed by atoms with van der Waals surface area (Å²) in [6.45, 7) is 4.00. The Labute approximate surface area is 218 Å². The van der Waals surface area contributed by atoms with Crippen LogP contribution in [0.2, 0.25) is 0 Å². The Morgan fingerprint density at radius 1 is 1.32 bits per heavy atom. The van der Waals surface area contributed by atoms with E-state index < -0.39 is 62.1 Å². The number of aliphatic hydroxyl groups is 2. The number of rotatable bonds is 10. The Hall–Kier alpha value is -2.82. The lowest BCUT2D eigenvalue weighted by Crippen LogP contribution is -2.46. The zero-order chi connectivity index (χ0) is 27.4. The molecule has 3 rings (SSSR count). The average molecular weight is 554 g/mol. The van der Waals surface area contributed by atoms with Gasteiger partial charge in [0.25, 0.3) is 5.56 Å². The first-order valence-electron chi connectivity index (χ1n) is 11.2. The van der Waals surface area contributed by atoms with Gasteiger partial charge in [-0.15, -0.1) is 6.42 Å². The fraction of sp³-hybridized carbons (Fsp3) is 0.435. The van der Waals surface area contributed by atoms with Gasteiger partial charge in [-0.25, -0.2) is 4.57 Å². The molecule has 0 aliphatic carbocycles. The number of esters is 1. The predicted molar refractivity (Wildman–Crippen MR) is 134 cm³/mol. The Balaban J connectivity index is 1.87. The SMILES string of the molecule is C#C[C@]1(COP(=O)(N[C@@H](C)C(=O)OC(C)C)Oc2ccccc2)O[C@@H](n2ccc(=O)[nH]c2=S)C(O)C1O. The van der Waals surface area contributed by atoms with Crippen molar-refractivity contribution >= 4 is 25.9 Å². The minimum atomic E-state index is -4.35. The van der Waals surface area contributed by atoms with Crippen LogP contribution in [0.4, 0.5) is 0 Å². The van der Waals surface area contributed by atoms with E-state index in [1.54, 1.807) is 32.0 Å². The molecule has 4 N–H and O–H groups in total. The minimum absolute atomic E-state index is 0.0882. The fourth-order valence-corrected chi connectivity index (χ4v) is 5.22. The molecular formula is C23H28N3O9PS. The monoisotopic (exact) mass is 553 g/mol. The molecule has 3 unspecified atom stereocenters. The second kappa shape index (κ2) is 11.7. The molecule has 12 nitrogen and oxygen atoms in total. The lowest BCUT2D eigenvalue weighted by molar-refractivity contribution is -0.149. The lowest BCUT2D eigenvalue weighted by Gasteiger charge is -2.29. The molecular weight excluding hydrogens is 525 g/mol. The summed E-state index contributed by atoms with van der Waals surface area (Å²) in [5.74, 6) is 1.70. The molecule has 0 saturated carbocycles. The van der Waals surface area contributed by atoms with Gasteiger partial charge in [0.1, 0.15) is 30.6 Å². The molecule has 0 bridgehead atoms. The zero-order valence-corrected chi connectivity index (χ0v) is 22.0. The molecule has 1 saturated heterocycles. The van der Waals surface area contributed by atoms with Gasteiger partial charge in [0.15, 0.2) is 16.6 Å². The van der Waals surface area contributed by atoms with Crippen LogP contribution in [-0.2, 0) is 23.4 Å². The van der Waals surface area contributed by atoms with Crippen LogP contribution in [0.5, 0.6) is 5.75 Å². The Morgan fingerprint density at radius 3 is 2.59 bits per heavy atom. The summed E-state index contributed by atoms with van der Waals surface area (Å²) < 4.78 is 36.9. The van der Waals surface area contributed by atoms with Crippen LogP contribution >= 0.6 is 20.0 Å². The molecule has 0 radical (unpaired) electrons. The molecule has 6 atom stereocenters. The zero-order valence-electron chi connectivity index (χ0n) is 20.3. The minimum Gasteiger partial charge on any atom is -0.462 e. The number of benzene rings is 1. The number of nitrogens with zero attached hydrogens (tertiary/aromatic N) is 1. The van der Waals surface area contributed by atoms with Crippen LogP contribution in [0.25, 0.3) is 0 Å². The van der Waals surface area contributed by atoms with Crippen LogP contribution in [-0.4, -0.2) is 62.3 Å². The number of carbonyl (C=O) groups excluding carboxylic acids is 1. The van der Waals surface area contributed by atoms with E-state index >= 15 is 0 Å². The topological polar surface area (TPSA) is 161 Å². The highest BCUT2D eigenvalue weighted by Crippen LogP contribution is 2.47. The van der Waals surface area contributed by atoms with Gasteiger partial charge in [-0.3, -0.25) is 23.7 Å². The highest BCUT2D eigenvalue weighted by molar-refractivity contribution is 7.71. The molecule has 2 aromatic rings. The van der Waals surface area contributed by atoms with Crippen molar-refractivity contribution in [1.29, 1.82) is 0 Å². The van der Waals surface area contributed by atoms with Gasteiger partial charge in [0, 0.05) is 12.3 Å². The molecule has 0 spiro atoms. The summed E-state index contributed by atoms with van der Waals surface area (Å²) in [5.41, 5.74) is -2.48. The van der Waals surface area contributed by atoms with Crippen molar-refractivity contribution in [2.45, 2.75) is 57.0 Å². The van der Waals surface area contributed by atoms with E-state index in [0.29, 0.717) is 0 Å². The standard InChI is InChI=1S/C23H28N3O9PS/c1-5-23(19(29)18(28)20(34-23)26-12-11-17(27)24-22(26)37)13-32-36(31,35-16-9-7-6-8-10-16)25-15(4)21(30)33-14(2)3/h1,6-12,14-15,18-20,28-29H,13H2,2-4H3,(H,25,31)(H,24,27,37)/t15-,18?,19?,20+,23+,36?/m0/s1. The van der Waals surface area contributed by atoms with Crippen molar-refractivity contribution in [3.05, 3.63) is 57.7 Å². The maximum atomic E-state index is 13.7. The van der Waals surface area contributed by atoms with Crippen LogP contribution in [0.1, 0.15) is 27.0 Å². The first kappa shape index (κ1) is 28.7. The molecule has 200 valence electrons. The summed E-state index contributed by atoms with van der Waals surface area (Å²) >= 11 is 5.11. The summed E-state index contributed by atoms with van der Waals surface area (Å²) in [7, 11) is -4.35. The fourth-order valence-electron chi connectivity index (χ4n) is 3.43. The van der Waals surface area contributed by atoms with Crippen molar-refractivity contribution in [3.8, 4) is 18.1 Å². The quantitative estimate of drug-likeness (QED) is 0.147. The van der Waals surface area contributed by atoms with Crippen molar-refractivity contribution < 1.29 is 38.1 Å². The highest BCUT2D eigenvalue weighted by Gasteiger charge is 2.55. The number of terminal acetylenes is 1. The number of ether oxygens (including phenoxy) is 2. The van der Waals surface area contributed by atoms with Gasteiger partial charge in [0.05, 0.1) is 6.10 Å². The van der Waals surface area contributed by atoms with Gasteiger partial charge in [-0.2, -0.15) is 5.09 Å². The normalized spacial score (nSPS) is 25.7. The lowest BCUT2D eigenvalue weighted by atomic mass is 9.97. The van der Waals surface area contributed by atoms with E-state index in [9.17, 15) is 24.4 Å². The summed E-state index contributed by atoms with van der Waals surface area (Å²) in [6, 6.07) is 8.05. The molecule has 1 fully saturated rings. The second-order valence-corrected chi connectivity index (χ2v) is 10.6. The predicted octanol–water partition coefficient (Wildman–Crippen LogP) is 1.66. The number of aliphatic hydroxyl groups excluding tert-OH is 2. The van der Waals surface area contributed by atoms with Crippen LogP contribution in [0.3, 0.4) is 0 Å². The molecule has 0 amide bonds. The number of hydrogen-bond acceptors (Lipinski definition) is 10. The Morgan fingerprint density at radius 2 is 2.00 bits per heavy atom. The number of nitrogens with one attached hydrogen (secondary N) is 2. The smallest absolute Gasteiger partial charge is 0.459 e. The first-order valence-corrected chi connectivity index (χ1v) is 13.2. The van der Waals surface area contributed by atoms with Gasteiger partial charge in [0.2, 0.25) is 0 Å². The van der Waals surface area contributed by atoms with Crippen LogP contribution in [0.15, 0.2) is 47.4 Å². The Bertz CT molecular complexity index is 1310. The van der Waals surface area contributed by atoms with Gasteiger partial charge in [-0.1, -0.05) is 24.1 Å². The van der Waals surface area contributed by atoms with Gasteiger partial charge < -0.3 is 24.2 Å². The van der Waals surface area contributed by atoms with E-state index in [-0.39, 0.29) is 10.5 Å². The number of aromatic nitrogens is 2. The maximum Gasteiger partial charge on any atom is 0.459 e. The van der Waals surface area contributed by atoms with Crippen molar-refractivity contribution in [1.82, 2.24) is 14.6 Å². The van der Waals surface area contributed by atoms with E-state index in [1.807, 2.05) is 0 Å². The van der Waals surface area contributed by atoms with Crippen LogP contribution < -0.4 is 15.2 Å². The molecule has 1 aromatic heterocycles. The average Bonchev–Trinajstić information content (AvgIpc) is 3.08. The van der Waals surface area contributed by atoms with Crippen molar-refractivity contribution in [2.75, 3.05) is 6.61 Å². The van der Waals surface area contributed by atoms with E-state index in [1.165, 1.54) is 29.8 Å².